The van der Waals surface area contributed by atoms with Crippen LogP contribution in [-0.4, -0.2) is 39.3 Å². The zero-order valence-electron chi connectivity index (χ0n) is 11.8. The van der Waals surface area contributed by atoms with Gasteiger partial charge in [-0.2, -0.15) is 4.98 Å². The largest absolute Gasteiger partial charge is 0.465 e. The van der Waals surface area contributed by atoms with Gasteiger partial charge in [0.1, 0.15) is 0 Å². The Hall–Kier alpha value is -2.37. The maximum atomic E-state index is 10.9. The molecule has 6 heteroatoms. The van der Waals surface area contributed by atoms with Crippen LogP contribution in [0.5, 0.6) is 0 Å². The fourth-order valence-corrected chi connectivity index (χ4v) is 2.62. The lowest BCUT2D eigenvalue weighted by Crippen LogP contribution is -2.36. The van der Waals surface area contributed by atoms with Crippen LogP contribution < -0.4 is 0 Å². The summed E-state index contributed by atoms with van der Waals surface area (Å²) in [5.41, 5.74) is 2.08. The summed E-state index contributed by atoms with van der Waals surface area (Å²) in [4.78, 5) is 16.8. The smallest absolute Gasteiger partial charge is 0.407 e. The van der Waals surface area contributed by atoms with Gasteiger partial charge in [-0.05, 0) is 25.8 Å². The molecule has 1 aromatic heterocycles. The van der Waals surface area contributed by atoms with Gasteiger partial charge in [0.05, 0.1) is 0 Å². The molecule has 2 heterocycles. The monoisotopic (exact) mass is 287 g/mol. The van der Waals surface area contributed by atoms with Crippen molar-refractivity contribution in [2.45, 2.75) is 25.7 Å². The van der Waals surface area contributed by atoms with Crippen molar-refractivity contribution in [1.29, 1.82) is 0 Å². The van der Waals surface area contributed by atoms with Crippen LogP contribution in [0.2, 0.25) is 0 Å². The predicted octanol–water partition coefficient (Wildman–Crippen LogP) is 2.90. The first-order chi connectivity index (χ1) is 10.1. The molecule has 3 rings (SSSR count). The fraction of sp³-hybridized carbons (Fsp3) is 0.400. The van der Waals surface area contributed by atoms with Crippen molar-refractivity contribution in [3.05, 3.63) is 35.7 Å². The molecule has 1 aromatic carbocycles. The van der Waals surface area contributed by atoms with Crippen LogP contribution in [-0.2, 0) is 0 Å². The summed E-state index contributed by atoms with van der Waals surface area (Å²) < 4.78 is 5.37. The molecule has 0 saturated carbocycles. The van der Waals surface area contributed by atoms with Crippen LogP contribution in [0.25, 0.3) is 11.4 Å². The Morgan fingerprint density at radius 3 is 2.81 bits per heavy atom. The molecule has 1 saturated heterocycles. The molecular weight excluding hydrogens is 270 g/mol. The molecule has 0 radical (unpaired) electrons. The number of hydrogen-bond acceptors (Lipinski definition) is 4. The van der Waals surface area contributed by atoms with E-state index in [0.717, 1.165) is 24.0 Å². The van der Waals surface area contributed by atoms with Gasteiger partial charge in [0.25, 0.3) is 0 Å². The molecule has 110 valence electrons. The minimum atomic E-state index is -0.862. The van der Waals surface area contributed by atoms with Crippen molar-refractivity contribution in [3.63, 3.8) is 0 Å². The van der Waals surface area contributed by atoms with Crippen LogP contribution in [0, 0.1) is 6.92 Å². The minimum Gasteiger partial charge on any atom is -0.465 e. The SMILES string of the molecule is Cc1cccc(-c2noc(C3CCN(C(=O)O)CC3)n2)c1. The highest BCUT2D eigenvalue weighted by Crippen LogP contribution is 2.28. The molecule has 0 atom stereocenters. The molecule has 1 fully saturated rings. The Balaban J connectivity index is 1.73. The van der Waals surface area contributed by atoms with Gasteiger partial charge in [0.2, 0.25) is 11.7 Å². The van der Waals surface area contributed by atoms with E-state index in [4.69, 9.17) is 9.63 Å². The predicted molar refractivity (Wildman–Crippen MR) is 76.0 cm³/mol. The van der Waals surface area contributed by atoms with Gasteiger partial charge in [-0.15, -0.1) is 0 Å². The maximum Gasteiger partial charge on any atom is 0.407 e. The van der Waals surface area contributed by atoms with Crippen LogP contribution >= 0.6 is 0 Å². The third-order valence-electron chi connectivity index (χ3n) is 3.83. The van der Waals surface area contributed by atoms with Crippen LogP contribution in [0.15, 0.2) is 28.8 Å². The lowest BCUT2D eigenvalue weighted by atomic mass is 9.97. The highest BCUT2D eigenvalue weighted by atomic mass is 16.5. The van der Waals surface area contributed by atoms with Crippen molar-refractivity contribution in [2.75, 3.05) is 13.1 Å². The molecule has 1 aliphatic rings. The van der Waals surface area contributed by atoms with Gasteiger partial charge >= 0.3 is 6.09 Å². The van der Waals surface area contributed by atoms with E-state index in [0.29, 0.717) is 24.8 Å². The fourth-order valence-electron chi connectivity index (χ4n) is 2.62. The van der Waals surface area contributed by atoms with Crippen molar-refractivity contribution in [2.24, 2.45) is 0 Å². The summed E-state index contributed by atoms with van der Waals surface area (Å²) >= 11 is 0. The number of piperidine rings is 1. The van der Waals surface area contributed by atoms with Gasteiger partial charge in [0.15, 0.2) is 0 Å². The number of hydrogen-bond donors (Lipinski definition) is 1. The van der Waals surface area contributed by atoms with Gasteiger partial charge in [-0.25, -0.2) is 4.79 Å². The Kier molecular flexibility index (Phi) is 3.60. The standard InChI is InChI=1S/C15H17N3O3/c1-10-3-2-4-12(9-10)13-16-14(21-17-13)11-5-7-18(8-6-11)15(19)20/h2-4,9,11H,5-8H2,1H3,(H,19,20). The molecular formula is C15H17N3O3. The topological polar surface area (TPSA) is 79.5 Å². The van der Waals surface area contributed by atoms with Gasteiger partial charge in [0, 0.05) is 24.6 Å². The second-order valence-electron chi connectivity index (χ2n) is 5.37. The first kappa shape index (κ1) is 13.6. The van der Waals surface area contributed by atoms with Gasteiger partial charge in [-0.3, -0.25) is 0 Å². The van der Waals surface area contributed by atoms with Crippen LogP contribution in [0.3, 0.4) is 0 Å². The number of aromatic nitrogens is 2. The maximum absolute atomic E-state index is 10.9. The molecule has 0 spiro atoms. The highest BCUT2D eigenvalue weighted by molar-refractivity contribution is 5.65. The highest BCUT2D eigenvalue weighted by Gasteiger charge is 2.27. The first-order valence-electron chi connectivity index (χ1n) is 7.02. The molecule has 0 bridgehead atoms. The number of likely N-dealkylation sites (tertiary alicyclic amines) is 1. The van der Waals surface area contributed by atoms with E-state index in [1.165, 1.54) is 4.90 Å². The molecule has 1 N–H and O–H groups in total. The van der Waals surface area contributed by atoms with Crippen molar-refractivity contribution in [3.8, 4) is 11.4 Å². The average molecular weight is 287 g/mol. The molecule has 1 amide bonds. The summed E-state index contributed by atoms with van der Waals surface area (Å²) in [5, 5.41) is 13.0. The van der Waals surface area contributed by atoms with E-state index in [2.05, 4.69) is 10.1 Å². The molecule has 0 unspecified atom stereocenters. The summed E-state index contributed by atoms with van der Waals surface area (Å²) in [7, 11) is 0. The van der Waals surface area contributed by atoms with Crippen molar-refractivity contribution < 1.29 is 14.4 Å². The average Bonchev–Trinajstić information content (AvgIpc) is 2.97. The number of carbonyl (C=O) groups is 1. The zero-order chi connectivity index (χ0) is 14.8. The molecule has 1 aliphatic heterocycles. The Labute approximate surface area is 122 Å². The van der Waals surface area contributed by atoms with E-state index < -0.39 is 6.09 Å². The minimum absolute atomic E-state index is 0.145. The Morgan fingerprint density at radius 2 is 2.14 bits per heavy atom. The van der Waals surface area contributed by atoms with Crippen LogP contribution in [0.4, 0.5) is 4.79 Å². The summed E-state index contributed by atoms with van der Waals surface area (Å²) in [6.45, 7) is 3.05. The molecule has 21 heavy (non-hydrogen) atoms. The zero-order valence-corrected chi connectivity index (χ0v) is 11.8. The number of rotatable bonds is 2. The lowest BCUT2D eigenvalue weighted by molar-refractivity contribution is 0.128. The van der Waals surface area contributed by atoms with Gasteiger partial charge in [-0.1, -0.05) is 28.9 Å². The van der Waals surface area contributed by atoms with E-state index >= 15 is 0 Å². The second-order valence-corrected chi connectivity index (χ2v) is 5.37. The number of carboxylic acid groups (broad SMARTS) is 1. The quantitative estimate of drug-likeness (QED) is 0.918. The number of benzene rings is 1. The number of nitrogens with zero attached hydrogens (tertiary/aromatic N) is 3. The van der Waals surface area contributed by atoms with Crippen LogP contribution in [0.1, 0.15) is 30.2 Å². The van der Waals surface area contributed by atoms with E-state index in [1.807, 2.05) is 31.2 Å². The summed E-state index contributed by atoms with van der Waals surface area (Å²) in [5.74, 6) is 1.34. The second kappa shape index (κ2) is 5.55. The normalized spacial score (nSPS) is 16.1. The summed E-state index contributed by atoms with van der Waals surface area (Å²) in [6.07, 6.45) is 0.586. The summed E-state index contributed by atoms with van der Waals surface area (Å²) in [6, 6.07) is 7.95. The lowest BCUT2D eigenvalue weighted by Gasteiger charge is -2.27. The van der Waals surface area contributed by atoms with E-state index in [1.54, 1.807) is 0 Å². The van der Waals surface area contributed by atoms with Crippen molar-refractivity contribution in [1.82, 2.24) is 15.0 Å². The molecule has 0 aliphatic carbocycles. The van der Waals surface area contributed by atoms with Crippen molar-refractivity contribution >= 4 is 6.09 Å². The van der Waals surface area contributed by atoms with E-state index in [-0.39, 0.29) is 5.92 Å². The third-order valence-corrected chi connectivity index (χ3v) is 3.83. The Bertz CT molecular complexity index is 645. The Morgan fingerprint density at radius 1 is 1.38 bits per heavy atom. The number of aryl methyl sites for hydroxylation is 1. The molecule has 2 aromatic rings. The van der Waals surface area contributed by atoms with E-state index in [9.17, 15) is 4.79 Å². The van der Waals surface area contributed by atoms with Gasteiger partial charge < -0.3 is 14.5 Å². The number of amides is 1. The molecule has 6 nitrogen and oxygen atoms in total. The third kappa shape index (κ3) is 2.89. The first-order valence-corrected chi connectivity index (χ1v) is 7.02.